The van der Waals surface area contributed by atoms with Crippen molar-refractivity contribution in [3.63, 3.8) is 0 Å². The van der Waals surface area contributed by atoms with E-state index in [4.69, 9.17) is 0 Å². The van der Waals surface area contributed by atoms with E-state index in [-0.39, 0.29) is 0 Å². The Hall–Kier alpha value is -1.28. The smallest absolute Gasteiger partial charge is 0.0337 e. The van der Waals surface area contributed by atoms with Gasteiger partial charge in [0.2, 0.25) is 0 Å². The van der Waals surface area contributed by atoms with E-state index in [1.165, 1.54) is 16.1 Å². The Labute approximate surface area is 88.4 Å². The molecule has 2 heteroatoms. The highest BCUT2D eigenvalue weighted by Crippen LogP contribution is 2.16. The van der Waals surface area contributed by atoms with Crippen LogP contribution in [0.3, 0.4) is 0 Å². The summed E-state index contributed by atoms with van der Waals surface area (Å²) in [7, 11) is 1.94. The van der Waals surface area contributed by atoms with Crippen molar-refractivity contribution in [3.05, 3.63) is 52.2 Å². The zero-order valence-corrected chi connectivity index (χ0v) is 8.97. The van der Waals surface area contributed by atoms with Gasteiger partial charge in [0.05, 0.1) is 0 Å². The van der Waals surface area contributed by atoms with Gasteiger partial charge in [0.25, 0.3) is 0 Å². The molecular weight excluding hydrogens is 190 g/mol. The van der Waals surface area contributed by atoms with Gasteiger partial charge in [-0.05, 0) is 29.1 Å². The average molecular weight is 203 g/mol. The van der Waals surface area contributed by atoms with Crippen LogP contribution in [0.15, 0.2) is 41.8 Å². The van der Waals surface area contributed by atoms with Gasteiger partial charge in [-0.1, -0.05) is 18.2 Å². The van der Waals surface area contributed by atoms with E-state index in [9.17, 15) is 0 Å². The molecule has 1 aromatic heterocycles. The van der Waals surface area contributed by atoms with E-state index in [0.717, 1.165) is 6.42 Å². The van der Waals surface area contributed by atoms with Crippen LogP contribution in [0.5, 0.6) is 0 Å². The van der Waals surface area contributed by atoms with E-state index in [1.54, 1.807) is 0 Å². The molecule has 0 aliphatic rings. The predicted octanol–water partition coefficient (Wildman–Crippen LogP) is 3.38. The molecule has 0 fully saturated rings. The van der Waals surface area contributed by atoms with Gasteiger partial charge in [-0.15, -0.1) is 11.3 Å². The summed E-state index contributed by atoms with van der Waals surface area (Å²) in [5.41, 5.74) is 2.53. The molecule has 0 saturated heterocycles. The van der Waals surface area contributed by atoms with Crippen molar-refractivity contribution in [1.82, 2.24) is 0 Å². The van der Waals surface area contributed by atoms with Crippen LogP contribution >= 0.6 is 11.3 Å². The van der Waals surface area contributed by atoms with Crippen LogP contribution in [0.2, 0.25) is 0 Å². The molecule has 14 heavy (non-hydrogen) atoms. The lowest BCUT2D eigenvalue weighted by molar-refractivity contribution is 1.24. The van der Waals surface area contributed by atoms with Gasteiger partial charge in [0, 0.05) is 24.0 Å². The number of anilines is 1. The first kappa shape index (κ1) is 9.28. The van der Waals surface area contributed by atoms with E-state index in [1.807, 2.05) is 18.4 Å². The second-order valence-corrected chi connectivity index (χ2v) is 4.24. The van der Waals surface area contributed by atoms with Gasteiger partial charge in [0.1, 0.15) is 0 Å². The van der Waals surface area contributed by atoms with E-state index < -0.39 is 0 Å². The number of thiophene rings is 1. The van der Waals surface area contributed by atoms with Gasteiger partial charge in [-0.25, -0.2) is 0 Å². The Morgan fingerprint density at radius 1 is 1.14 bits per heavy atom. The molecule has 72 valence electrons. The van der Waals surface area contributed by atoms with Crippen LogP contribution in [-0.4, -0.2) is 7.05 Å². The highest BCUT2D eigenvalue weighted by molar-refractivity contribution is 7.09. The van der Waals surface area contributed by atoms with Crippen molar-refractivity contribution >= 4 is 17.0 Å². The van der Waals surface area contributed by atoms with Crippen molar-refractivity contribution in [1.29, 1.82) is 0 Å². The molecule has 0 amide bonds. The fourth-order valence-electron chi connectivity index (χ4n) is 1.40. The Balaban J connectivity index is 2.10. The summed E-state index contributed by atoms with van der Waals surface area (Å²) >= 11 is 1.81. The van der Waals surface area contributed by atoms with Crippen molar-refractivity contribution in [2.24, 2.45) is 0 Å². The van der Waals surface area contributed by atoms with Crippen LogP contribution in [0.1, 0.15) is 10.4 Å². The fourth-order valence-corrected chi connectivity index (χ4v) is 2.14. The van der Waals surface area contributed by atoms with Crippen molar-refractivity contribution < 1.29 is 0 Å². The lowest BCUT2D eigenvalue weighted by atomic mass is 10.1. The second-order valence-electron chi connectivity index (χ2n) is 3.20. The summed E-state index contributed by atoms with van der Waals surface area (Å²) < 4.78 is 0. The summed E-state index contributed by atoms with van der Waals surface area (Å²) in [5.74, 6) is 0. The maximum Gasteiger partial charge on any atom is 0.0337 e. The molecule has 0 atom stereocenters. The number of rotatable bonds is 3. The van der Waals surface area contributed by atoms with Crippen molar-refractivity contribution in [3.8, 4) is 0 Å². The highest BCUT2D eigenvalue weighted by Gasteiger charge is 1.96. The quantitative estimate of drug-likeness (QED) is 0.806. The zero-order valence-electron chi connectivity index (χ0n) is 8.16. The van der Waals surface area contributed by atoms with E-state index in [0.29, 0.717) is 0 Å². The van der Waals surface area contributed by atoms with Crippen LogP contribution in [0.25, 0.3) is 0 Å². The number of hydrogen-bond acceptors (Lipinski definition) is 2. The van der Waals surface area contributed by atoms with Gasteiger partial charge in [0.15, 0.2) is 0 Å². The monoisotopic (exact) mass is 203 g/mol. The molecule has 1 heterocycles. The van der Waals surface area contributed by atoms with Gasteiger partial charge in [-0.3, -0.25) is 0 Å². The minimum atomic E-state index is 1.04. The molecule has 0 spiro atoms. The normalized spacial score (nSPS) is 10.1. The highest BCUT2D eigenvalue weighted by atomic mass is 32.1. The predicted molar refractivity (Wildman–Crippen MR) is 63.1 cm³/mol. The SMILES string of the molecule is CNc1ccc(Cc2cccs2)cc1. The van der Waals surface area contributed by atoms with Crippen LogP contribution in [0.4, 0.5) is 5.69 Å². The largest absolute Gasteiger partial charge is 0.388 e. The summed E-state index contributed by atoms with van der Waals surface area (Å²) in [4.78, 5) is 1.42. The summed E-state index contributed by atoms with van der Waals surface area (Å²) in [6, 6.07) is 12.8. The maximum absolute atomic E-state index is 3.12. The first-order valence-corrected chi connectivity index (χ1v) is 5.55. The minimum absolute atomic E-state index is 1.04. The van der Waals surface area contributed by atoms with Gasteiger partial charge < -0.3 is 5.32 Å². The minimum Gasteiger partial charge on any atom is -0.388 e. The van der Waals surface area contributed by atoms with Crippen molar-refractivity contribution in [2.45, 2.75) is 6.42 Å². The molecule has 1 nitrogen and oxygen atoms in total. The molecule has 0 saturated carbocycles. The van der Waals surface area contributed by atoms with Gasteiger partial charge in [-0.2, -0.15) is 0 Å². The first-order valence-electron chi connectivity index (χ1n) is 4.67. The number of nitrogens with one attached hydrogen (secondary N) is 1. The number of benzene rings is 1. The van der Waals surface area contributed by atoms with E-state index in [2.05, 4.69) is 47.1 Å². The molecule has 1 aromatic carbocycles. The summed E-state index contributed by atoms with van der Waals surface area (Å²) in [6.45, 7) is 0. The van der Waals surface area contributed by atoms with Crippen LogP contribution in [-0.2, 0) is 6.42 Å². The topological polar surface area (TPSA) is 12.0 Å². The Morgan fingerprint density at radius 2 is 1.93 bits per heavy atom. The fraction of sp³-hybridized carbons (Fsp3) is 0.167. The molecule has 0 bridgehead atoms. The lowest BCUT2D eigenvalue weighted by Gasteiger charge is -2.02. The molecular formula is C12H13NS. The average Bonchev–Trinajstić information content (AvgIpc) is 2.72. The molecule has 0 aliphatic carbocycles. The van der Waals surface area contributed by atoms with Gasteiger partial charge >= 0.3 is 0 Å². The Kier molecular flexibility index (Phi) is 2.84. The lowest BCUT2D eigenvalue weighted by Crippen LogP contribution is -1.89. The molecule has 2 aromatic rings. The molecule has 0 radical (unpaired) electrons. The van der Waals surface area contributed by atoms with E-state index >= 15 is 0 Å². The first-order chi connectivity index (χ1) is 6.88. The molecule has 0 aliphatic heterocycles. The third kappa shape index (κ3) is 2.15. The van der Waals surface area contributed by atoms with Crippen LogP contribution < -0.4 is 5.32 Å². The third-order valence-corrected chi connectivity index (χ3v) is 3.08. The third-order valence-electron chi connectivity index (χ3n) is 2.20. The zero-order chi connectivity index (χ0) is 9.80. The molecule has 0 unspecified atom stereocenters. The molecule has 1 N–H and O–H groups in total. The van der Waals surface area contributed by atoms with Crippen molar-refractivity contribution in [2.75, 3.05) is 12.4 Å². The maximum atomic E-state index is 3.12. The number of hydrogen-bond donors (Lipinski definition) is 1. The summed E-state index contributed by atoms with van der Waals surface area (Å²) in [5, 5.41) is 5.24. The summed E-state index contributed by atoms with van der Waals surface area (Å²) in [6.07, 6.45) is 1.04. The molecule has 2 rings (SSSR count). The Morgan fingerprint density at radius 3 is 2.50 bits per heavy atom. The standard InChI is InChI=1S/C12H13NS/c1-13-11-6-4-10(5-7-11)9-12-3-2-8-14-12/h2-8,13H,9H2,1H3. The van der Waals surface area contributed by atoms with Crippen LogP contribution in [0, 0.1) is 0 Å². The Bertz CT molecular complexity index is 375. The second kappa shape index (κ2) is 4.29.